The number of hydrogen-bond acceptors (Lipinski definition) is 5. The van der Waals surface area contributed by atoms with Gasteiger partial charge in [0, 0.05) is 17.9 Å². The highest BCUT2D eigenvalue weighted by atomic mass is 32.1. The Morgan fingerprint density at radius 1 is 1.19 bits per heavy atom. The predicted octanol–water partition coefficient (Wildman–Crippen LogP) is 3.65. The summed E-state index contributed by atoms with van der Waals surface area (Å²) in [5.74, 6) is 0.722. The fourth-order valence-electron chi connectivity index (χ4n) is 2.58. The summed E-state index contributed by atoms with van der Waals surface area (Å²) < 4.78 is 0. The van der Waals surface area contributed by atoms with Crippen LogP contribution in [-0.4, -0.2) is 34.5 Å². The van der Waals surface area contributed by atoms with Crippen molar-refractivity contribution in [3.63, 3.8) is 0 Å². The Balaban J connectivity index is 2.12. The highest BCUT2D eigenvalue weighted by Gasteiger charge is 2.18. The maximum atomic E-state index is 4.46. The Labute approximate surface area is 131 Å². The van der Waals surface area contributed by atoms with Gasteiger partial charge in [0.15, 0.2) is 0 Å². The van der Waals surface area contributed by atoms with Gasteiger partial charge in [0.25, 0.3) is 0 Å². The van der Waals surface area contributed by atoms with Crippen LogP contribution in [-0.2, 0) is 0 Å². The topological polar surface area (TPSA) is 41.0 Å². The van der Waals surface area contributed by atoms with Crippen LogP contribution in [0, 0.1) is 13.8 Å². The van der Waals surface area contributed by atoms with Crippen LogP contribution >= 0.6 is 11.3 Å². The van der Waals surface area contributed by atoms with Gasteiger partial charge in [-0.2, -0.15) is 11.3 Å². The van der Waals surface area contributed by atoms with E-state index in [-0.39, 0.29) is 0 Å². The van der Waals surface area contributed by atoms with Crippen molar-refractivity contribution < 1.29 is 0 Å². The maximum Gasteiger partial charge on any atom is 0.223 e. The van der Waals surface area contributed by atoms with E-state index < -0.39 is 0 Å². The smallest absolute Gasteiger partial charge is 0.223 e. The molecule has 0 aliphatic carbocycles. The summed E-state index contributed by atoms with van der Waals surface area (Å²) in [4.78, 5) is 11.4. The van der Waals surface area contributed by atoms with Crippen LogP contribution in [0.5, 0.6) is 0 Å². The normalized spacial score (nSPS) is 12.6. The molecule has 1 N–H and O–H groups in total. The van der Waals surface area contributed by atoms with Crippen LogP contribution in [0.4, 0.5) is 5.95 Å². The Bertz CT molecular complexity index is 529. The summed E-state index contributed by atoms with van der Waals surface area (Å²) in [7, 11) is 0. The van der Waals surface area contributed by atoms with E-state index in [0.717, 1.165) is 37.0 Å². The Hall–Kier alpha value is -1.46. The summed E-state index contributed by atoms with van der Waals surface area (Å²) in [6.07, 6.45) is 0. The van der Waals surface area contributed by atoms with Crippen LogP contribution in [0.15, 0.2) is 22.9 Å². The van der Waals surface area contributed by atoms with Gasteiger partial charge < -0.3 is 5.32 Å². The number of aromatic nitrogens is 2. The van der Waals surface area contributed by atoms with E-state index in [9.17, 15) is 0 Å². The monoisotopic (exact) mass is 304 g/mol. The van der Waals surface area contributed by atoms with Gasteiger partial charge in [-0.3, -0.25) is 4.90 Å². The van der Waals surface area contributed by atoms with Gasteiger partial charge in [0.05, 0.1) is 6.04 Å². The van der Waals surface area contributed by atoms with Crippen molar-refractivity contribution in [2.75, 3.05) is 25.0 Å². The number of nitrogens with zero attached hydrogens (tertiary/aromatic N) is 3. The van der Waals surface area contributed by atoms with E-state index in [1.807, 2.05) is 19.9 Å². The second-order valence-corrected chi connectivity index (χ2v) is 5.93. The van der Waals surface area contributed by atoms with Crippen molar-refractivity contribution in [1.29, 1.82) is 0 Å². The first kappa shape index (κ1) is 15.9. The number of nitrogens with one attached hydrogen (secondary N) is 1. The van der Waals surface area contributed by atoms with Crippen molar-refractivity contribution in [3.05, 3.63) is 39.8 Å². The Morgan fingerprint density at radius 2 is 1.86 bits per heavy atom. The molecular formula is C16H24N4S. The molecule has 0 unspecified atom stereocenters. The number of hydrogen-bond donors (Lipinski definition) is 1. The highest BCUT2D eigenvalue weighted by Crippen LogP contribution is 2.23. The molecule has 0 aromatic carbocycles. The Kier molecular flexibility index (Phi) is 5.70. The number of likely N-dealkylation sites (N-methyl/N-ethyl adjacent to an activating group) is 1. The highest BCUT2D eigenvalue weighted by molar-refractivity contribution is 7.07. The van der Waals surface area contributed by atoms with E-state index in [1.165, 1.54) is 5.56 Å². The molecule has 0 spiro atoms. The molecule has 2 aromatic heterocycles. The molecule has 2 aromatic rings. The van der Waals surface area contributed by atoms with E-state index in [1.54, 1.807) is 11.3 Å². The lowest BCUT2D eigenvalue weighted by molar-refractivity contribution is 0.228. The summed E-state index contributed by atoms with van der Waals surface area (Å²) >= 11 is 1.75. The Morgan fingerprint density at radius 3 is 2.38 bits per heavy atom. The molecule has 0 fully saturated rings. The van der Waals surface area contributed by atoms with Crippen LogP contribution in [0.3, 0.4) is 0 Å². The molecule has 1 atom stereocenters. The van der Waals surface area contributed by atoms with Gasteiger partial charge in [0.1, 0.15) is 0 Å². The third kappa shape index (κ3) is 4.25. The third-order valence-corrected chi connectivity index (χ3v) is 4.32. The second-order valence-electron chi connectivity index (χ2n) is 5.15. The van der Waals surface area contributed by atoms with Gasteiger partial charge >= 0.3 is 0 Å². The maximum absolute atomic E-state index is 4.46. The summed E-state index contributed by atoms with van der Waals surface area (Å²) in [6.45, 7) is 11.3. The molecule has 114 valence electrons. The average Bonchev–Trinajstić information content (AvgIpc) is 2.96. The van der Waals surface area contributed by atoms with Gasteiger partial charge in [-0.25, -0.2) is 9.97 Å². The SMILES string of the molecule is CCN(CC)[C@H](CNc1nc(C)cc(C)n1)c1ccsc1. The molecule has 2 rings (SSSR count). The van der Waals surface area contributed by atoms with Gasteiger partial charge in [-0.05, 0) is 55.4 Å². The number of thiophene rings is 1. The minimum atomic E-state index is 0.357. The molecule has 0 bridgehead atoms. The minimum Gasteiger partial charge on any atom is -0.352 e. The molecule has 0 aliphatic rings. The van der Waals surface area contributed by atoms with Crippen molar-refractivity contribution >= 4 is 17.3 Å². The average molecular weight is 304 g/mol. The van der Waals surface area contributed by atoms with E-state index in [2.05, 4.69) is 50.9 Å². The molecule has 0 saturated carbocycles. The number of rotatable bonds is 7. The fraction of sp³-hybridized carbons (Fsp3) is 0.500. The zero-order valence-electron chi connectivity index (χ0n) is 13.3. The lowest BCUT2D eigenvalue weighted by Gasteiger charge is -2.29. The van der Waals surface area contributed by atoms with Gasteiger partial charge in [0.2, 0.25) is 5.95 Å². The minimum absolute atomic E-state index is 0.357. The summed E-state index contributed by atoms with van der Waals surface area (Å²) in [5, 5.41) is 7.77. The summed E-state index contributed by atoms with van der Waals surface area (Å²) in [5.41, 5.74) is 3.36. The van der Waals surface area contributed by atoms with Crippen LogP contribution < -0.4 is 5.32 Å². The second kappa shape index (κ2) is 7.52. The molecule has 21 heavy (non-hydrogen) atoms. The third-order valence-electron chi connectivity index (χ3n) is 3.62. The van der Waals surface area contributed by atoms with Crippen molar-refractivity contribution in [2.45, 2.75) is 33.7 Å². The van der Waals surface area contributed by atoms with Crippen molar-refractivity contribution in [1.82, 2.24) is 14.9 Å². The standard InChI is InChI=1S/C16H24N4S/c1-5-20(6-2)15(14-7-8-21-11-14)10-17-16-18-12(3)9-13(4)19-16/h7-9,11,15H,5-6,10H2,1-4H3,(H,17,18,19)/t15-/m1/s1. The first-order valence-electron chi connectivity index (χ1n) is 7.46. The van der Waals surface area contributed by atoms with Crippen LogP contribution in [0.25, 0.3) is 0 Å². The molecule has 0 aliphatic heterocycles. The molecule has 0 saturated heterocycles. The van der Waals surface area contributed by atoms with Crippen LogP contribution in [0.1, 0.15) is 36.8 Å². The molecule has 2 heterocycles. The lowest BCUT2D eigenvalue weighted by atomic mass is 10.1. The van der Waals surface area contributed by atoms with E-state index in [4.69, 9.17) is 0 Å². The van der Waals surface area contributed by atoms with Gasteiger partial charge in [-0.1, -0.05) is 13.8 Å². The number of anilines is 1. The largest absolute Gasteiger partial charge is 0.352 e. The molecule has 5 heteroatoms. The molecule has 4 nitrogen and oxygen atoms in total. The molecular weight excluding hydrogens is 280 g/mol. The van der Waals surface area contributed by atoms with Gasteiger partial charge in [-0.15, -0.1) is 0 Å². The predicted molar refractivity (Wildman–Crippen MR) is 90.0 cm³/mol. The van der Waals surface area contributed by atoms with E-state index >= 15 is 0 Å². The van der Waals surface area contributed by atoms with Crippen molar-refractivity contribution in [2.24, 2.45) is 0 Å². The quantitative estimate of drug-likeness (QED) is 0.847. The first-order valence-corrected chi connectivity index (χ1v) is 8.40. The molecule has 0 amide bonds. The lowest BCUT2D eigenvalue weighted by Crippen LogP contribution is -2.33. The zero-order valence-corrected chi connectivity index (χ0v) is 14.1. The van der Waals surface area contributed by atoms with Crippen molar-refractivity contribution in [3.8, 4) is 0 Å². The van der Waals surface area contributed by atoms with Crippen LogP contribution in [0.2, 0.25) is 0 Å². The zero-order chi connectivity index (χ0) is 15.2. The number of aryl methyl sites for hydroxylation is 2. The fourth-order valence-corrected chi connectivity index (χ4v) is 3.29. The first-order chi connectivity index (χ1) is 10.1. The summed E-state index contributed by atoms with van der Waals surface area (Å²) in [6, 6.07) is 4.56. The molecule has 0 radical (unpaired) electrons. The van der Waals surface area contributed by atoms with E-state index in [0.29, 0.717) is 6.04 Å².